The summed E-state index contributed by atoms with van der Waals surface area (Å²) < 4.78 is 9.44. The summed E-state index contributed by atoms with van der Waals surface area (Å²) >= 11 is 0. The van der Waals surface area contributed by atoms with Gasteiger partial charge >= 0.3 is 0 Å². The Bertz CT molecular complexity index is 813. The average Bonchev–Trinajstić information content (AvgIpc) is 3.12. The van der Waals surface area contributed by atoms with Gasteiger partial charge in [-0.2, -0.15) is 5.10 Å². The van der Waals surface area contributed by atoms with Crippen molar-refractivity contribution in [2.75, 3.05) is 31.2 Å². The molecule has 3 aromatic heterocycles. The van der Waals surface area contributed by atoms with Crippen molar-refractivity contribution in [1.29, 1.82) is 0 Å². The molecule has 0 atom stereocenters. The van der Waals surface area contributed by atoms with Crippen LogP contribution in [0.1, 0.15) is 0 Å². The molecule has 0 radical (unpaired) electrons. The number of rotatable bonds is 2. The van der Waals surface area contributed by atoms with Gasteiger partial charge < -0.3 is 14.2 Å². The lowest BCUT2D eigenvalue weighted by Crippen LogP contribution is -2.36. The molecule has 22 heavy (non-hydrogen) atoms. The Balaban J connectivity index is 1.78. The van der Waals surface area contributed by atoms with Crippen LogP contribution in [0.15, 0.2) is 30.7 Å². The van der Waals surface area contributed by atoms with Crippen LogP contribution in [0, 0.1) is 0 Å². The lowest BCUT2D eigenvalue weighted by atomic mass is 10.2. The summed E-state index contributed by atoms with van der Waals surface area (Å²) in [7, 11) is 4.03. The second kappa shape index (κ2) is 5.14. The molecule has 0 unspecified atom stereocenters. The molecule has 114 valence electrons. The number of aryl methyl sites for hydroxylation is 2. The molecule has 4 heterocycles. The van der Waals surface area contributed by atoms with E-state index in [1.54, 1.807) is 0 Å². The summed E-state index contributed by atoms with van der Waals surface area (Å²) in [5, 5.41) is 5.41. The molecule has 0 bridgehead atoms. The van der Waals surface area contributed by atoms with Crippen molar-refractivity contribution < 1.29 is 4.74 Å². The van der Waals surface area contributed by atoms with E-state index >= 15 is 0 Å². The number of hydrogen-bond acceptors (Lipinski definition) is 4. The third-order valence-corrected chi connectivity index (χ3v) is 4.25. The summed E-state index contributed by atoms with van der Waals surface area (Å²) in [6.07, 6.45) is 5.88. The summed E-state index contributed by atoms with van der Waals surface area (Å²) in [6, 6.07) is 4.34. The largest absolute Gasteiger partial charge is 0.378 e. The minimum Gasteiger partial charge on any atom is -0.378 e. The molecule has 0 spiro atoms. The van der Waals surface area contributed by atoms with Gasteiger partial charge in [0.2, 0.25) is 0 Å². The minimum absolute atomic E-state index is 0.772. The molecule has 3 aromatic rings. The summed E-state index contributed by atoms with van der Waals surface area (Å²) in [5.41, 5.74) is 3.47. The Labute approximate surface area is 128 Å². The van der Waals surface area contributed by atoms with Gasteiger partial charge in [0.25, 0.3) is 0 Å². The van der Waals surface area contributed by atoms with Crippen LogP contribution in [0.3, 0.4) is 0 Å². The topological polar surface area (TPSA) is 48.1 Å². The van der Waals surface area contributed by atoms with E-state index in [4.69, 9.17) is 4.74 Å². The Hall–Kier alpha value is -2.34. The molecule has 1 aliphatic heterocycles. The van der Waals surface area contributed by atoms with Crippen LogP contribution in [-0.4, -0.2) is 45.6 Å². The Morgan fingerprint density at radius 1 is 1.09 bits per heavy atom. The van der Waals surface area contributed by atoms with Crippen LogP contribution in [0.5, 0.6) is 0 Å². The van der Waals surface area contributed by atoms with Gasteiger partial charge in [0.15, 0.2) is 0 Å². The smallest absolute Gasteiger partial charge is 0.130 e. The number of aromatic nitrogens is 4. The standard InChI is InChI=1S/C16H19N5O/c1-19-11-13(10-18-19)14-7-12-9-17-16(8-15(12)20(14)2)21-3-5-22-6-4-21/h7-11H,3-6H2,1-2H3. The third kappa shape index (κ3) is 2.16. The van der Waals surface area contributed by atoms with Crippen LogP contribution >= 0.6 is 0 Å². The first-order valence-electron chi connectivity index (χ1n) is 7.49. The predicted octanol–water partition coefficient (Wildman–Crippen LogP) is 1.81. The number of hydrogen-bond donors (Lipinski definition) is 0. The summed E-state index contributed by atoms with van der Waals surface area (Å²) in [4.78, 5) is 6.90. The first-order valence-corrected chi connectivity index (χ1v) is 7.49. The van der Waals surface area contributed by atoms with E-state index in [-0.39, 0.29) is 0 Å². The fourth-order valence-electron chi connectivity index (χ4n) is 3.02. The van der Waals surface area contributed by atoms with Gasteiger partial charge in [-0.15, -0.1) is 0 Å². The predicted molar refractivity (Wildman–Crippen MR) is 85.9 cm³/mol. The SMILES string of the molecule is Cn1cc(-c2cc3cnc(N4CCOCC4)cc3n2C)cn1. The highest BCUT2D eigenvalue weighted by Crippen LogP contribution is 2.28. The van der Waals surface area contributed by atoms with Gasteiger partial charge in [-0.3, -0.25) is 4.68 Å². The van der Waals surface area contributed by atoms with Crippen molar-refractivity contribution in [3.8, 4) is 11.3 Å². The molecular weight excluding hydrogens is 278 g/mol. The molecule has 0 amide bonds. The zero-order valence-electron chi connectivity index (χ0n) is 12.9. The molecule has 6 nitrogen and oxygen atoms in total. The lowest BCUT2D eigenvalue weighted by molar-refractivity contribution is 0.122. The quantitative estimate of drug-likeness (QED) is 0.724. The molecular formula is C16H19N5O. The van der Waals surface area contributed by atoms with Crippen molar-refractivity contribution in [2.45, 2.75) is 0 Å². The lowest BCUT2D eigenvalue weighted by Gasteiger charge is -2.27. The Morgan fingerprint density at radius 3 is 2.64 bits per heavy atom. The van der Waals surface area contributed by atoms with Crippen LogP contribution in [-0.2, 0) is 18.8 Å². The van der Waals surface area contributed by atoms with E-state index in [1.165, 1.54) is 5.52 Å². The van der Waals surface area contributed by atoms with E-state index < -0.39 is 0 Å². The van der Waals surface area contributed by atoms with E-state index in [2.05, 4.69) is 38.7 Å². The molecule has 1 aliphatic rings. The summed E-state index contributed by atoms with van der Waals surface area (Å²) in [5.74, 6) is 1.02. The number of nitrogens with zero attached hydrogens (tertiary/aromatic N) is 5. The summed E-state index contributed by atoms with van der Waals surface area (Å²) in [6.45, 7) is 3.35. The Morgan fingerprint density at radius 2 is 1.91 bits per heavy atom. The van der Waals surface area contributed by atoms with Crippen molar-refractivity contribution in [2.24, 2.45) is 14.1 Å². The number of fused-ring (bicyclic) bond motifs is 1. The molecule has 0 aliphatic carbocycles. The molecule has 4 rings (SSSR count). The van der Waals surface area contributed by atoms with Crippen molar-refractivity contribution in [1.82, 2.24) is 19.3 Å². The third-order valence-electron chi connectivity index (χ3n) is 4.25. The normalized spacial score (nSPS) is 15.6. The van der Waals surface area contributed by atoms with E-state index in [0.717, 1.165) is 48.8 Å². The minimum atomic E-state index is 0.772. The molecule has 6 heteroatoms. The second-order valence-corrected chi connectivity index (χ2v) is 5.69. The molecule has 1 fully saturated rings. The maximum Gasteiger partial charge on any atom is 0.130 e. The van der Waals surface area contributed by atoms with Crippen molar-refractivity contribution in [3.05, 3.63) is 30.7 Å². The fraction of sp³-hybridized carbons (Fsp3) is 0.375. The zero-order valence-corrected chi connectivity index (χ0v) is 12.9. The Kier molecular flexibility index (Phi) is 3.11. The van der Waals surface area contributed by atoms with Crippen molar-refractivity contribution in [3.63, 3.8) is 0 Å². The second-order valence-electron chi connectivity index (χ2n) is 5.69. The molecule has 1 saturated heterocycles. The molecule has 0 saturated carbocycles. The number of morpholine rings is 1. The number of pyridine rings is 1. The van der Waals surface area contributed by atoms with Crippen LogP contribution in [0.25, 0.3) is 22.2 Å². The van der Waals surface area contributed by atoms with Gasteiger partial charge in [0, 0.05) is 56.6 Å². The van der Waals surface area contributed by atoms with Crippen LogP contribution in [0.2, 0.25) is 0 Å². The van der Waals surface area contributed by atoms with E-state index in [0.29, 0.717) is 0 Å². The van der Waals surface area contributed by atoms with Gasteiger partial charge in [0.05, 0.1) is 30.6 Å². The van der Waals surface area contributed by atoms with Gasteiger partial charge in [-0.1, -0.05) is 0 Å². The van der Waals surface area contributed by atoms with Crippen LogP contribution in [0.4, 0.5) is 5.82 Å². The van der Waals surface area contributed by atoms with E-state index in [9.17, 15) is 0 Å². The molecule has 0 aromatic carbocycles. The highest BCUT2D eigenvalue weighted by atomic mass is 16.5. The van der Waals surface area contributed by atoms with Gasteiger partial charge in [0.1, 0.15) is 5.82 Å². The fourth-order valence-corrected chi connectivity index (χ4v) is 3.02. The van der Waals surface area contributed by atoms with Crippen LogP contribution < -0.4 is 4.90 Å². The average molecular weight is 297 g/mol. The number of anilines is 1. The molecule has 0 N–H and O–H groups in total. The zero-order chi connectivity index (χ0) is 15.1. The maximum absolute atomic E-state index is 5.41. The van der Waals surface area contributed by atoms with Gasteiger partial charge in [-0.25, -0.2) is 4.98 Å². The highest BCUT2D eigenvalue weighted by molar-refractivity contribution is 5.87. The number of ether oxygens (including phenoxy) is 1. The first kappa shape index (κ1) is 13.3. The highest BCUT2D eigenvalue weighted by Gasteiger charge is 2.15. The maximum atomic E-state index is 5.41. The first-order chi connectivity index (χ1) is 10.7. The van der Waals surface area contributed by atoms with Crippen molar-refractivity contribution >= 4 is 16.7 Å². The monoisotopic (exact) mass is 297 g/mol. The van der Waals surface area contributed by atoms with E-state index in [1.807, 2.05) is 30.3 Å². The van der Waals surface area contributed by atoms with Gasteiger partial charge in [-0.05, 0) is 6.07 Å².